The molecule has 0 saturated heterocycles. The smallest absolute Gasteiger partial charge is 0.326 e. The molecule has 0 fully saturated rings. The molecule has 15 nitrogen and oxygen atoms in total. The number of hydrogen-bond donors (Lipinski definition) is 8. The average Bonchev–Trinajstić information content (AvgIpc) is 3.05. The Bertz CT molecular complexity index is 1630. The van der Waals surface area contributed by atoms with Gasteiger partial charge in [-0.1, -0.05) is 58.4 Å². The van der Waals surface area contributed by atoms with E-state index in [-0.39, 0.29) is 23.0 Å². The van der Waals surface area contributed by atoms with Gasteiger partial charge in [-0.3, -0.25) is 19.2 Å². The Balaban J connectivity index is 2.14. The van der Waals surface area contributed by atoms with Gasteiger partial charge in [0.05, 0.1) is 17.5 Å². The fourth-order valence-corrected chi connectivity index (χ4v) is 6.58. The van der Waals surface area contributed by atoms with Crippen LogP contribution in [-0.4, -0.2) is 105 Å². The van der Waals surface area contributed by atoms with E-state index in [0.717, 1.165) is 5.69 Å². The molecule has 17 heteroatoms. The monoisotopic (exact) mass is 738 g/mol. The molecule has 7 N–H and O–H groups in total. The van der Waals surface area contributed by atoms with Gasteiger partial charge in [-0.2, -0.15) is 12.6 Å². The number of rotatable bonds is 19. The summed E-state index contributed by atoms with van der Waals surface area (Å²) in [6, 6.07) is 4.72. The number of hydrogen-bond acceptors (Lipinski definition) is 10. The third-order valence-electron chi connectivity index (χ3n) is 8.06. The number of sulfonamides is 1. The van der Waals surface area contributed by atoms with Crippen molar-refractivity contribution in [3.63, 3.8) is 0 Å². The average molecular weight is 739 g/mol. The summed E-state index contributed by atoms with van der Waals surface area (Å²) in [6.45, 7) is 7.58. The SMILES string of the molecule is CC[C@H](C)[C@H](NC(=O)[C@@H](NC(=O)[C@H](CS)NC(=O)CNS(=O)(=O)c1cccc2c(N(C)C)cccc12)[C@@H](C)O)C(=O)N[C@@H](CC(C)C)C(=O)O. The summed E-state index contributed by atoms with van der Waals surface area (Å²) < 4.78 is 28.7. The highest BCUT2D eigenvalue weighted by atomic mass is 32.2. The maximum Gasteiger partial charge on any atom is 0.326 e. The highest BCUT2D eigenvalue weighted by Crippen LogP contribution is 2.30. The van der Waals surface area contributed by atoms with Crippen LogP contribution in [0.5, 0.6) is 0 Å². The molecular formula is C33H50N6O9S2. The topological polar surface area (TPSA) is 223 Å². The van der Waals surface area contributed by atoms with Gasteiger partial charge in [0.15, 0.2) is 0 Å². The van der Waals surface area contributed by atoms with Gasteiger partial charge < -0.3 is 36.4 Å². The largest absolute Gasteiger partial charge is 0.480 e. The molecule has 278 valence electrons. The molecular weight excluding hydrogens is 689 g/mol. The van der Waals surface area contributed by atoms with E-state index in [9.17, 15) is 42.6 Å². The van der Waals surface area contributed by atoms with Crippen LogP contribution < -0.4 is 30.9 Å². The lowest BCUT2D eigenvalue weighted by Gasteiger charge is -2.29. The van der Waals surface area contributed by atoms with E-state index in [4.69, 9.17) is 0 Å². The molecule has 0 heterocycles. The molecule has 0 aromatic heterocycles. The fourth-order valence-electron chi connectivity index (χ4n) is 5.13. The van der Waals surface area contributed by atoms with Crippen LogP contribution in [0.4, 0.5) is 5.69 Å². The van der Waals surface area contributed by atoms with E-state index in [1.807, 2.05) is 25.1 Å². The van der Waals surface area contributed by atoms with Crippen LogP contribution in [0.3, 0.4) is 0 Å². The molecule has 0 unspecified atom stereocenters. The van der Waals surface area contributed by atoms with Crippen molar-refractivity contribution in [2.75, 3.05) is 31.3 Å². The van der Waals surface area contributed by atoms with Crippen LogP contribution >= 0.6 is 12.6 Å². The number of aliphatic carboxylic acids is 1. The number of nitrogens with zero attached hydrogens (tertiary/aromatic N) is 1. The van der Waals surface area contributed by atoms with E-state index in [1.165, 1.54) is 13.0 Å². The highest BCUT2D eigenvalue weighted by molar-refractivity contribution is 7.89. The zero-order chi connectivity index (χ0) is 37.9. The van der Waals surface area contributed by atoms with Crippen molar-refractivity contribution in [1.82, 2.24) is 26.0 Å². The molecule has 0 spiro atoms. The second-order valence-corrected chi connectivity index (χ2v) is 14.9. The summed E-state index contributed by atoms with van der Waals surface area (Å²) in [5.41, 5.74) is 0.802. The molecule has 2 rings (SSSR count). The molecule has 0 aliphatic heterocycles. The predicted octanol–water partition coefficient (Wildman–Crippen LogP) is 0.611. The van der Waals surface area contributed by atoms with Gasteiger partial charge in [0, 0.05) is 36.3 Å². The van der Waals surface area contributed by atoms with Crippen molar-refractivity contribution in [3.8, 4) is 0 Å². The Kier molecular flexibility index (Phi) is 16.0. The van der Waals surface area contributed by atoms with Crippen LogP contribution in [0.25, 0.3) is 10.8 Å². The minimum Gasteiger partial charge on any atom is -0.480 e. The second kappa shape index (κ2) is 18.9. The van der Waals surface area contributed by atoms with Gasteiger partial charge >= 0.3 is 5.97 Å². The number of nitrogens with one attached hydrogen (secondary N) is 5. The molecule has 4 amide bonds. The van der Waals surface area contributed by atoms with Crippen molar-refractivity contribution in [3.05, 3.63) is 36.4 Å². The summed E-state index contributed by atoms with van der Waals surface area (Å²) in [4.78, 5) is 66.0. The summed E-state index contributed by atoms with van der Waals surface area (Å²) in [7, 11) is -0.512. The zero-order valence-electron chi connectivity index (χ0n) is 29.4. The Labute approximate surface area is 298 Å². The van der Waals surface area contributed by atoms with Crippen LogP contribution in [0.15, 0.2) is 41.3 Å². The van der Waals surface area contributed by atoms with Crippen molar-refractivity contribution < 1.29 is 42.6 Å². The Hall–Kier alpha value is -3.93. The number of fused-ring (bicyclic) bond motifs is 1. The van der Waals surface area contributed by atoms with Gasteiger partial charge in [-0.25, -0.2) is 17.9 Å². The van der Waals surface area contributed by atoms with E-state index in [2.05, 4.69) is 38.6 Å². The van der Waals surface area contributed by atoms with Crippen molar-refractivity contribution >= 4 is 68.7 Å². The third-order valence-corrected chi connectivity index (χ3v) is 9.89. The van der Waals surface area contributed by atoms with Crippen molar-refractivity contribution in [1.29, 1.82) is 0 Å². The second-order valence-electron chi connectivity index (χ2n) is 12.8. The molecule has 0 saturated carbocycles. The lowest BCUT2D eigenvalue weighted by Crippen LogP contribution is -2.61. The summed E-state index contributed by atoms with van der Waals surface area (Å²) in [5.74, 6) is -5.39. The number of benzene rings is 2. The summed E-state index contributed by atoms with van der Waals surface area (Å²) in [6.07, 6.45) is -0.862. The number of aliphatic hydroxyl groups is 1. The first kappa shape index (κ1) is 42.2. The van der Waals surface area contributed by atoms with Gasteiger partial charge in [0.25, 0.3) is 0 Å². The number of carbonyl (C=O) groups is 5. The van der Waals surface area contributed by atoms with Crippen LogP contribution in [0.1, 0.15) is 47.5 Å². The Morgan fingerprint density at radius 2 is 1.40 bits per heavy atom. The summed E-state index contributed by atoms with van der Waals surface area (Å²) in [5, 5.41) is 30.8. The number of carboxylic acids is 1. The molecule has 0 bridgehead atoms. The van der Waals surface area contributed by atoms with E-state index < -0.39 is 82.4 Å². The first-order valence-electron chi connectivity index (χ1n) is 16.2. The Morgan fingerprint density at radius 1 is 0.820 bits per heavy atom. The molecule has 2 aromatic carbocycles. The van der Waals surface area contributed by atoms with Crippen LogP contribution in [0, 0.1) is 11.8 Å². The number of carbonyl (C=O) groups excluding carboxylic acids is 4. The summed E-state index contributed by atoms with van der Waals surface area (Å²) >= 11 is 4.12. The zero-order valence-corrected chi connectivity index (χ0v) is 31.1. The predicted molar refractivity (Wildman–Crippen MR) is 193 cm³/mol. The maximum atomic E-state index is 13.3. The standard InChI is InChI=1S/C33H50N6O9S2/c1-8-19(4)28(31(43)36-23(33(45)46)15-18(2)3)37-32(44)29(20(5)40)38-30(42)24(17-49)35-27(41)16-34-50(47,48)26-14-10-11-21-22(26)12-9-13-25(21)39(6)7/h9-14,18-20,23-24,28-29,34,40,49H,8,15-17H2,1-7H3,(H,35,41)(H,36,43)(H,37,44)(H,38,42)(H,45,46)/t19-,20+,23-,24-,28-,29-/m0/s1. The number of amides is 4. The lowest BCUT2D eigenvalue weighted by atomic mass is 9.96. The van der Waals surface area contributed by atoms with Crippen LogP contribution in [0.2, 0.25) is 0 Å². The quantitative estimate of drug-likeness (QED) is 0.0938. The van der Waals surface area contributed by atoms with Gasteiger partial charge in [-0.05, 0) is 37.3 Å². The maximum absolute atomic E-state index is 13.3. The van der Waals surface area contributed by atoms with Crippen molar-refractivity contribution in [2.24, 2.45) is 11.8 Å². The van der Waals surface area contributed by atoms with E-state index in [0.29, 0.717) is 17.2 Å². The molecule has 50 heavy (non-hydrogen) atoms. The number of thiol groups is 1. The van der Waals surface area contributed by atoms with Gasteiger partial charge in [0.1, 0.15) is 24.2 Å². The number of anilines is 1. The van der Waals surface area contributed by atoms with Crippen molar-refractivity contribution in [2.45, 2.75) is 82.6 Å². The first-order valence-corrected chi connectivity index (χ1v) is 18.4. The molecule has 0 aliphatic rings. The first-order chi connectivity index (χ1) is 23.3. The normalized spacial score (nSPS) is 15.2. The highest BCUT2D eigenvalue weighted by Gasteiger charge is 2.35. The fraction of sp³-hybridized carbons (Fsp3) is 0.545. The van der Waals surface area contributed by atoms with Gasteiger partial charge in [0.2, 0.25) is 33.7 Å². The van der Waals surface area contributed by atoms with Gasteiger partial charge in [-0.15, -0.1) is 0 Å². The minimum absolute atomic E-state index is 0.0378. The lowest BCUT2D eigenvalue weighted by molar-refractivity contribution is -0.143. The number of carboxylic acid groups (broad SMARTS) is 1. The molecule has 2 aromatic rings. The molecule has 0 radical (unpaired) electrons. The van der Waals surface area contributed by atoms with Crippen LogP contribution in [-0.2, 0) is 34.0 Å². The third kappa shape index (κ3) is 11.6. The van der Waals surface area contributed by atoms with E-state index in [1.54, 1.807) is 52.0 Å². The Morgan fingerprint density at radius 3 is 1.94 bits per heavy atom. The van der Waals surface area contributed by atoms with E-state index >= 15 is 0 Å². The molecule has 6 atom stereocenters. The molecule has 0 aliphatic carbocycles. The number of aliphatic hydroxyl groups excluding tert-OH is 1. The minimum atomic E-state index is -4.18.